The molecule has 0 radical (unpaired) electrons. The molecule has 0 unspecified atom stereocenters. The van der Waals surface area contributed by atoms with Gasteiger partial charge in [0.05, 0.1) is 5.92 Å². The van der Waals surface area contributed by atoms with Crippen molar-refractivity contribution in [2.24, 2.45) is 5.92 Å². The third kappa shape index (κ3) is 7.07. The summed E-state index contributed by atoms with van der Waals surface area (Å²) in [5.41, 5.74) is 3.22. The maximum Gasteiger partial charge on any atom is 0.311 e. The summed E-state index contributed by atoms with van der Waals surface area (Å²) in [6.07, 6.45) is 6.42. The van der Waals surface area contributed by atoms with Gasteiger partial charge in [-0.25, -0.2) is 0 Å². The molecule has 0 bridgehead atoms. The summed E-state index contributed by atoms with van der Waals surface area (Å²) in [6, 6.07) is 29.9. The highest BCUT2D eigenvalue weighted by Crippen LogP contribution is 2.21. The maximum atomic E-state index is 13.1. The van der Waals surface area contributed by atoms with Crippen molar-refractivity contribution in [3.63, 3.8) is 0 Å². The molecular weight excluding hydrogens is 394 g/mol. The third-order valence-corrected chi connectivity index (χ3v) is 5.42. The zero-order valence-electron chi connectivity index (χ0n) is 18.6. The van der Waals surface area contributed by atoms with Crippen LogP contribution in [0.2, 0.25) is 0 Å². The molecule has 0 aliphatic carbocycles. The molecule has 0 aliphatic heterocycles. The molecular formula is C29H31NO2. The number of ether oxygens (including phenoxy) is 1. The minimum atomic E-state index is -0.387. The van der Waals surface area contributed by atoms with Gasteiger partial charge in [0.25, 0.3) is 0 Å². The Morgan fingerprint density at radius 2 is 1.53 bits per heavy atom. The van der Waals surface area contributed by atoms with E-state index in [1.807, 2.05) is 78.9 Å². The second-order valence-electron chi connectivity index (χ2n) is 7.82. The van der Waals surface area contributed by atoms with Gasteiger partial charge in [-0.05, 0) is 30.0 Å². The van der Waals surface area contributed by atoms with Gasteiger partial charge in [0.15, 0.2) is 0 Å². The molecule has 3 aromatic carbocycles. The molecule has 3 aromatic rings. The molecule has 3 nitrogen and oxygen atoms in total. The first-order chi connectivity index (χ1) is 15.7. The van der Waals surface area contributed by atoms with Crippen LogP contribution in [0.5, 0.6) is 0 Å². The molecule has 0 spiro atoms. The first kappa shape index (κ1) is 23.2. The van der Waals surface area contributed by atoms with Crippen LogP contribution in [0.1, 0.15) is 36.1 Å². The average molecular weight is 426 g/mol. The van der Waals surface area contributed by atoms with Gasteiger partial charge in [0.2, 0.25) is 0 Å². The minimum Gasteiger partial charge on any atom is -0.461 e. The van der Waals surface area contributed by atoms with Gasteiger partial charge in [-0.1, -0.05) is 109 Å². The topological polar surface area (TPSA) is 38.3 Å². The number of nitrogens with one attached hydrogen (secondary N) is 1. The van der Waals surface area contributed by atoms with Crippen molar-refractivity contribution in [2.75, 3.05) is 0 Å². The van der Waals surface area contributed by atoms with E-state index in [4.69, 9.17) is 4.74 Å². The van der Waals surface area contributed by atoms with Crippen LogP contribution in [0.3, 0.4) is 0 Å². The highest BCUT2D eigenvalue weighted by Gasteiger charge is 2.28. The van der Waals surface area contributed by atoms with Crippen molar-refractivity contribution in [3.8, 4) is 0 Å². The minimum absolute atomic E-state index is 0.0656. The summed E-state index contributed by atoms with van der Waals surface area (Å²) in [4.78, 5) is 13.1. The molecule has 3 heteroatoms. The lowest BCUT2D eigenvalue weighted by Crippen LogP contribution is -2.40. The summed E-state index contributed by atoms with van der Waals surface area (Å²) in [5.74, 6) is -0.619. The molecule has 3 atom stereocenters. The van der Waals surface area contributed by atoms with Crippen molar-refractivity contribution in [1.82, 2.24) is 5.32 Å². The Labute approximate surface area is 191 Å². The lowest BCUT2D eigenvalue weighted by molar-refractivity contribution is -0.150. The van der Waals surface area contributed by atoms with Crippen LogP contribution < -0.4 is 5.32 Å². The number of hydrogen-bond acceptors (Lipinski definition) is 3. The summed E-state index contributed by atoms with van der Waals surface area (Å²) in [7, 11) is 0. The monoisotopic (exact) mass is 425 g/mol. The molecule has 164 valence electrons. The van der Waals surface area contributed by atoms with Gasteiger partial charge >= 0.3 is 5.97 Å². The number of rotatable bonds is 11. The van der Waals surface area contributed by atoms with Gasteiger partial charge in [-0.2, -0.15) is 0 Å². The molecule has 1 N–H and O–H groups in total. The van der Waals surface area contributed by atoms with E-state index in [9.17, 15) is 4.79 Å². The van der Waals surface area contributed by atoms with E-state index >= 15 is 0 Å². The van der Waals surface area contributed by atoms with Crippen molar-refractivity contribution in [2.45, 2.75) is 32.0 Å². The van der Waals surface area contributed by atoms with Crippen molar-refractivity contribution in [1.29, 1.82) is 0 Å². The average Bonchev–Trinajstić information content (AvgIpc) is 2.85. The number of benzene rings is 3. The van der Waals surface area contributed by atoms with E-state index < -0.39 is 0 Å². The van der Waals surface area contributed by atoms with Crippen LogP contribution in [0.25, 0.3) is 6.08 Å². The van der Waals surface area contributed by atoms with Gasteiger partial charge < -0.3 is 10.1 Å². The van der Waals surface area contributed by atoms with Gasteiger partial charge in [0.1, 0.15) is 6.61 Å². The van der Waals surface area contributed by atoms with Gasteiger partial charge in [0, 0.05) is 12.1 Å². The summed E-state index contributed by atoms with van der Waals surface area (Å²) < 4.78 is 5.70. The predicted octanol–water partition coefficient (Wildman–Crippen LogP) is 6.35. The third-order valence-electron chi connectivity index (χ3n) is 5.42. The number of hydrogen-bond donors (Lipinski definition) is 1. The highest BCUT2D eigenvalue weighted by atomic mass is 16.5. The van der Waals surface area contributed by atoms with Gasteiger partial charge in [-0.15, -0.1) is 6.58 Å². The van der Waals surface area contributed by atoms with E-state index in [1.54, 1.807) is 6.08 Å². The van der Waals surface area contributed by atoms with E-state index in [0.29, 0.717) is 6.42 Å². The van der Waals surface area contributed by atoms with E-state index in [-0.39, 0.29) is 30.6 Å². The molecule has 0 saturated carbocycles. The fraction of sp³-hybridized carbons (Fsp3) is 0.207. The van der Waals surface area contributed by atoms with Crippen LogP contribution in [0.15, 0.2) is 110 Å². The molecule has 0 aromatic heterocycles. The van der Waals surface area contributed by atoms with E-state index in [0.717, 1.165) is 11.1 Å². The first-order valence-corrected chi connectivity index (χ1v) is 11.0. The zero-order valence-corrected chi connectivity index (χ0v) is 18.6. The molecule has 0 amide bonds. The van der Waals surface area contributed by atoms with Crippen LogP contribution in [0, 0.1) is 5.92 Å². The number of carbonyl (C=O) groups is 1. The van der Waals surface area contributed by atoms with Crippen LogP contribution in [0.4, 0.5) is 0 Å². The van der Waals surface area contributed by atoms with Crippen molar-refractivity contribution in [3.05, 3.63) is 126 Å². The fourth-order valence-corrected chi connectivity index (χ4v) is 3.62. The number of allylic oxidation sites excluding steroid dienone is 1. The van der Waals surface area contributed by atoms with Crippen LogP contribution in [-0.2, 0) is 16.1 Å². The Morgan fingerprint density at radius 3 is 2.16 bits per heavy atom. The molecule has 3 rings (SSSR count). The Kier molecular flexibility index (Phi) is 9.03. The van der Waals surface area contributed by atoms with Crippen LogP contribution in [-0.4, -0.2) is 12.0 Å². The number of esters is 1. The quantitative estimate of drug-likeness (QED) is 0.287. The maximum absolute atomic E-state index is 13.1. The Hall–Kier alpha value is -3.43. The molecule has 0 saturated heterocycles. The van der Waals surface area contributed by atoms with Crippen LogP contribution >= 0.6 is 0 Å². The van der Waals surface area contributed by atoms with Crippen molar-refractivity contribution >= 4 is 12.0 Å². The zero-order chi connectivity index (χ0) is 22.6. The number of carbonyl (C=O) groups excluding carboxylic acids is 1. The summed E-state index contributed by atoms with van der Waals surface area (Å²) in [6.45, 7) is 6.25. The SMILES string of the molecule is C=CC[C@H](C(=O)OCc1ccccc1)[C@H](/C=C/c1ccccc1)N[C@H](C)c1ccccc1. The smallest absolute Gasteiger partial charge is 0.311 e. The van der Waals surface area contributed by atoms with E-state index in [2.05, 4.69) is 43.1 Å². The normalized spacial score (nSPS) is 13.9. The molecule has 32 heavy (non-hydrogen) atoms. The molecule has 0 fully saturated rings. The first-order valence-electron chi connectivity index (χ1n) is 11.0. The second-order valence-corrected chi connectivity index (χ2v) is 7.82. The Balaban J connectivity index is 1.80. The Morgan fingerprint density at radius 1 is 0.938 bits per heavy atom. The second kappa shape index (κ2) is 12.4. The lowest BCUT2D eigenvalue weighted by Gasteiger charge is -2.27. The standard InChI is InChI=1S/C29H31NO2/c1-3-13-27(29(31)32-22-25-16-9-5-10-17-25)28(21-20-24-14-7-4-8-15-24)30-23(2)26-18-11-6-12-19-26/h3-12,14-21,23,27-28,30H,1,13,22H2,2H3/b21-20+/t23-,27+,28+/m1/s1. The predicted molar refractivity (Wildman–Crippen MR) is 132 cm³/mol. The Bertz CT molecular complexity index is 983. The fourth-order valence-electron chi connectivity index (χ4n) is 3.62. The summed E-state index contributed by atoms with van der Waals surface area (Å²) in [5, 5.41) is 3.63. The molecule has 0 aliphatic rings. The largest absolute Gasteiger partial charge is 0.461 e. The van der Waals surface area contributed by atoms with E-state index in [1.165, 1.54) is 5.56 Å². The summed E-state index contributed by atoms with van der Waals surface area (Å²) >= 11 is 0. The molecule has 0 heterocycles. The lowest BCUT2D eigenvalue weighted by atomic mass is 9.93. The van der Waals surface area contributed by atoms with Gasteiger partial charge in [-0.3, -0.25) is 4.79 Å². The van der Waals surface area contributed by atoms with Crippen molar-refractivity contribution < 1.29 is 9.53 Å². The highest BCUT2D eigenvalue weighted by molar-refractivity contribution is 5.74.